The molecule has 5 unspecified atom stereocenters. The molecule has 31 heavy (non-hydrogen) atoms. The van der Waals surface area contributed by atoms with Crippen molar-refractivity contribution in [3.63, 3.8) is 0 Å². The van der Waals surface area contributed by atoms with Gasteiger partial charge in [-0.1, -0.05) is 32.9 Å². The summed E-state index contributed by atoms with van der Waals surface area (Å²) in [5, 5.41) is 6.23. The summed E-state index contributed by atoms with van der Waals surface area (Å²) in [6.07, 6.45) is 3.64. The van der Waals surface area contributed by atoms with Crippen LogP contribution in [0.15, 0.2) is 24.3 Å². The molecule has 1 aromatic rings. The lowest BCUT2D eigenvalue weighted by atomic mass is 9.69. The van der Waals surface area contributed by atoms with Crippen LogP contribution in [0.4, 0.5) is 4.79 Å². The number of rotatable bonds is 4. The molecular formula is C25H37N3O3. The molecule has 6 nitrogen and oxygen atoms in total. The van der Waals surface area contributed by atoms with Gasteiger partial charge in [0.1, 0.15) is 0 Å². The zero-order chi connectivity index (χ0) is 22.4. The van der Waals surface area contributed by atoms with Gasteiger partial charge in [0.2, 0.25) is 0 Å². The molecule has 1 heterocycles. The molecule has 2 aliphatic carbocycles. The number of fused-ring (bicyclic) bond motifs is 2. The van der Waals surface area contributed by atoms with Gasteiger partial charge in [0.25, 0.3) is 5.91 Å². The van der Waals surface area contributed by atoms with E-state index >= 15 is 0 Å². The van der Waals surface area contributed by atoms with Gasteiger partial charge in [0, 0.05) is 31.2 Å². The molecule has 170 valence electrons. The molecule has 0 radical (unpaired) electrons. The standard InChI is InChI=1S/C25H37N3O3/c1-16-14-28(15-17(2)31-16)22(29)19-8-6-18(7-9-19)13-26-23(30)27-21-12-20-10-11-25(21,5)24(20,3)4/h6-9,16-17,20-21H,10-15H2,1-5H3,(H2,26,27,30). The van der Waals surface area contributed by atoms with E-state index in [1.807, 2.05) is 43.0 Å². The normalized spacial score (nSPS) is 33.9. The molecule has 1 saturated heterocycles. The van der Waals surface area contributed by atoms with E-state index in [0.29, 0.717) is 31.1 Å². The number of carbonyl (C=O) groups excluding carboxylic acids is 2. The average Bonchev–Trinajstić information content (AvgIpc) is 3.05. The topological polar surface area (TPSA) is 70.7 Å². The summed E-state index contributed by atoms with van der Waals surface area (Å²) in [5.74, 6) is 0.733. The second kappa shape index (κ2) is 8.12. The highest BCUT2D eigenvalue weighted by atomic mass is 16.5. The van der Waals surface area contributed by atoms with Crippen LogP contribution < -0.4 is 10.6 Å². The van der Waals surface area contributed by atoms with Gasteiger partial charge in [-0.3, -0.25) is 4.79 Å². The first-order valence-electron chi connectivity index (χ1n) is 11.7. The van der Waals surface area contributed by atoms with Crippen LogP contribution >= 0.6 is 0 Å². The van der Waals surface area contributed by atoms with Crippen LogP contribution in [-0.4, -0.2) is 48.2 Å². The van der Waals surface area contributed by atoms with Crippen molar-refractivity contribution in [3.8, 4) is 0 Å². The Bertz CT molecular complexity index is 827. The fourth-order valence-electron chi connectivity index (χ4n) is 6.11. The zero-order valence-corrected chi connectivity index (χ0v) is 19.5. The van der Waals surface area contributed by atoms with Crippen LogP contribution in [0.2, 0.25) is 0 Å². The molecule has 0 aromatic heterocycles. The van der Waals surface area contributed by atoms with Gasteiger partial charge in [-0.05, 0) is 67.6 Å². The van der Waals surface area contributed by atoms with Crippen molar-refractivity contribution < 1.29 is 14.3 Å². The van der Waals surface area contributed by atoms with Crippen molar-refractivity contribution >= 4 is 11.9 Å². The minimum absolute atomic E-state index is 0.0337. The molecule has 3 amide bonds. The van der Waals surface area contributed by atoms with E-state index in [1.54, 1.807) is 0 Å². The summed E-state index contributed by atoms with van der Waals surface area (Å²) in [4.78, 5) is 27.2. The molecule has 3 aliphatic rings. The number of ether oxygens (including phenoxy) is 1. The van der Waals surface area contributed by atoms with Gasteiger partial charge in [-0.15, -0.1) is 0 Å². The Labute approximate surface area is 186 Å². The minimum Gasteiger partial charge on any atom is -0.372 e. The molecular weight excluding hydrogens is 390 g/mol. The Hall–Kier alpha value is -2.08. The summed E-state index contributed by atoms with van der Waals surface area (Å²) in [7, 11) is 0. The fraction of sp³-hybridized carbons (Fsp3) is 0.680. The van der Waals surface area contributed by atoms with E-state index in [4.69, 9.17) is 4.74 Å². The number of carbonyl (C=O) groups is 2. The number of morpholine rings is 1. The number of nitrogens with one attached hydrogen (secondary N) is 2. The van der Waals surface area contributed by atoms with Gasteiger partial charge >= 0.3 is 6.03 Å². The van der Waals surface area contributed by atoms with Crippen LogP contribution in [0.1, 0.15) is 69.8 Å². The largest absolute Gasteiger partial charge is 0.372 e. The monoisotopic (exact) mass is 427 g/mol. The minimum atomic E-state index is -0.106. The number of hydrogen-bond acceptors (Lipinski definition) is 3. The molecule has 2 N–H and O–H groups in total. The fourth-order valence-corrected chi connectivity index (χ4v) is 6.11. The summed E-state index contributed by atoms with van der Waals surface area (Å²) in [6.45, 7) is 12.7. The highest BCUT2D eigenvalue weighted by Crippen LogP contribution is 2.65. The second-order valence-electron chi connectivity index (χ2n) is 10.7. The molecule has 5 atom stereocenters. The van der Waals surface area contributed by atoms with Crippen molar-refractivity contribution in [3.05, 3.63) is 35.4 Å². The van der Waals surface area contributed by atoms with E-state index in [9.17, 15) is 9.59 Å². The van der Waals surface area contributed by atoms with E-state index < -0.39 is 0 Å². The van der Waals surface area contributed by atoms with E-state index in [-0.39, 0.29) is 41.0 Å². The number of nitrogens with zero attached hydrogens (tertiary/aromatic N) is 1. The predicted molar refractivity (Wildman–Crippen MR) is 121 cm³/mol. The van der Waals surface area contributed by atoms with Gasteiger partial charge in [-0.25, -0.2) is 4.79 Å². The lowest BCUT2D eigenvalue weighted by Gasteiger charge is -2.39. The van der Waals surface area contributed by atoms with Crippen molar-refractivity contribution in [2.24, 2.45) is 16.7 Å². The lowest BCUT2D eigenvalue weighted by Crippen LogP contribution is -2.50. The third-order valence-corrected chi connectivity index (χ3v) is 8.46. The van der Waals surface area contributed by atoms with Crippen LogP contribution in [0.3, 0.4) is 0 Å². The van der Waals surface area contributed by atoms with Crippen LogP contribution in [0.5, 0.6) is 0 Å². The summed E-state index contributed by atoms with van der Waals surface area (Å²) < 4.78 is 5.72. The highest BCUT2D eigenvalue weighted by Gasteiger charge is 2.61. The maximum atomic E-state index is 12.8. The van der Waals surface area contributed by atoms with E-state index in [2.05, 4.69) is 31.4 Å². The Balaban J connectivity index is 1.29. The van der Waals surface area contributed by atoms with E-state index in [0.717, 1.165) is 12.0 Å². The SMILES string of the molecule is CC1CN(C(=O)c2ccc(CNC(=O)NC3CC4CCC3(C)C4(C)C)cc2)CC(C)O1. The summed E-state index contributed by atoms with van der Waals surface area (Å²) in [5.41, 5.74) is 2.11. The van der Waals surface area contributed by atoms with Gasteiger partial charge in [0.05, 0.1) is 12.2 Å². The molecule has 3 fully saturated rings. The van der Waals surface area contributed by atoms with Crippen LogP contribution in [0.25, 0.3) is 0 Å². The third-order valence-electron chi connectivity index (χ3n) is 8.46. The first kappa shape index (κ1) is 22.1. The highest BCUT2D eigenvalue weighted by molar-refractivity contribution is 5.94. The molecule has 2 bridgehead atoms. The number of urea groups is 1. The Morgan fingerprint density at radius 2 is 1.74 bits per heavy atom. The number of benzene rings is 1. The molecule has 6 heteroatoms. The Morgan fingerprint density at radius 3 is 2.29 bits per heavy atom. The number of hydrogen-bond donors (Lipinski definition) is 2. The molecule has 0 spiro atoms. The molecule has 1 aromatic carbocycles. The Morgan fingerprint density at radius 1 is 1.10 bits per heavy atom. The number of amides is 3. The third kappa shape index (κ3) is 4.07. The summed E-state index contributed by atoms with van der Waals surface area (Å²) >= 11 is 0. The van der Waals surface area contributed by atoms with E-state index in [1.165, 1.54) is 12.8 Å². The van der Waals surface area contributed by atoms with Crippen molar-refractivity contribution in [2.45, 2.75) is 78.7 Å². The zero-order valence-electron chi connectivity index (χ0n) is 19.5. The molecule has 1 aliphatic heterocycles. The maximum absolute atomic E-state index is 12.8. The summed E-state index contributed by atoms with van der Waals surface area (Å²) in [6, 6.07) is 7.67. The molecule has 4 rings (SSSR count). The van der Waals surface area contributed by atoms with Crippen molar-refractivity contribution in [2.75, 3.05) is 13.1 Å². The quantitative estimate of drug-likeness (QED) is 0.764. The van der Waals surface area contributed by atoms with Crippen LogP contribution in [0, 0.1) is 16.7 Å². The first-order valence-corrected chi connectivity index (χ1v) is 11.7. The van der Waals surface area contributed by atoms with Gasteiger partial charge in [-0.2, -0.15) is 0 Å². The van der Waals surface area contributed by atoms with Crippen molar-refractivity contribution in [1.29, 1.82) is 0 Å². The lowest BCUT2D eigenvalue weighted by molar-refractivity contribution is -0.0586. The Kier molecular flexibility index (Phi) is 5.80. The van der Waals surface area contributed by atoms with Gasteiger partial charge < -0.3 is 20.3 Å². The van der Waals surface area contributed by atoms with Crippen molar-refractivity contribution in [1.82, 2.24) is 15.5 Å². The predicted octanol–water partition coefficient (Wildman–Crippen LogP) is 3.95. The van der Waals surface area contributed by atoms with Gasteiger partial charge in [0.15, 0.2) is 0 Å². The molecule has 2 saturated carbocycles. The van der Waals surface area contributed by atoms with Crippen LogP contribution in [-0.2, 0) is 11.3 Å². The second-order valence-corrected chi connectivity index (χ2v) is 10.7. The smallest absolute Gasteiger partial charge is 0.315 e. The average molecular weight is 428 g/mol. The first-order chi connectivity index (χ1) is 14.6. The maximum Gasteiger partial charge on any atom is 0.315 e.